The summed E-state index contributed by atoms with van der Waals surface area (Å²) in [5.74, 6) is 5.50. The number of hydrogen-bond donors (Lipinski definition) is 2. The molecule has 0 fully saturated rings. The molecule has 0 saturated heterocycles. The molecule has 1 aromatic carbocycles. The molecule has 1 rings (SSSR count). The van der Waals surface area contributed by atoms with Crippen molar-refractivity contribution in [2.24, 2.45) is 5.84 Å². The molecule has 0 bridgehead atoms. The fraction of sp³-hybridized carbons (Fsp3) is 0.333. The van der Waals surface area contributed by atoms with Crippen molar-refractivity contribution in [2.45, 2.75) is 26.3 Å². The largest absolute Gasteiger partial charge is 0.271 e. The number of hydrogen-bond acceptors (Lipinski definition) is 2. The minimum Gasteiger partial charge on any atom is -0.271 e. The molecule has 1 aromatic rings. The van der Waals surface area contributed by atoms with Crippen molar-refractivity contribution < 1.29 is 0 Å². The number of rotatable bonds is 4. The number of nitrogens with two attached hydrogens (primary N) is 1. The smallest absolute Gasteiger partial charge is 0.0496 e. The Hall–Kier alpha value is -1.12. The molecule has 1 atom stereocenters. The summed E-state index contributed by atoms with van der Waals surface area (Å²) in [4.78, 5) is 0. The van der Waals surface area contributed by atoms with Crippen LogP contribution in [0, 0.1) is 13.8 Å². The maximum Gasteiger partial charge on any atom is 0.0496 e. The maximum atomic E-state index is 5.50. The minimum atomic E-state index is 0.174. The van der Waals surface area contributed by atoms with Crippen LogP contribution in [0.2, 0.25) is 0 Å². The second-order valence-corrected chi connectivity index (χ2v) is 3.60. The van der Waals surface area contributed by atoms with E-state index in [0.717, 1.165) is 6.42 Å². The molecule has 3 N–H and O–H groups in total. The average Bonchev–Trinajstić information content (AvgIpc) is 2.15. The molecule has 14 heavy (non-hydrogen) atoms. The monoisotopic (exact) mass is 190 g/mol. The molecule has 0 radical (unpaired) electrons. The molecule has 0 saturated carbocycles. The van der Waals surface area contributed by atoms with Crippen LogP contribution in [0.25, 0.3) is 0 Å². The third-order valence-corrected chi connectivity index (χ3v) is 2.40. The van der Waals surface area contributed by atoms with Crippen molar-refractivity contribution in [2.75, 3.05) is 0 Å². The van der Waals surface area contributed by atoms with Crippen LogP contribution in [0.3, 0.4) is 0 Å². The van der Waals surface area contributed by atoms with E-state index in [-0.39, 0.29) is 6.04 Å². The highest BCUT2D eigenvalue weighted by Crippen LogP contribution is 2.21. The van der Waals surface area contributed by atoms with Gasteiger partial charge in [0.05, 0.1) is 0 Å². The summed E-state index contributed by atoms with van der Waals surface area (Å²) < 4.78 is 0. The van der Waals surface area contributed by atoms with Crippen LogP contribution in [0.1, 0.15) is 29.2 Å². The van der Waals surface area contributed by atoms with Gasteiger partial charge in [0.15, 0.2) is 0 Å². The number of aryl methyl sites for hydroxylation is 2. The van der Waals surface area contributed by atoms with Gasteiger partial charge in [0.2, 0.25) is 0 Å². The molecule has 1 unspecified atom stereocenters. The first-order valence-corrected chi connectivity index (χ1v) is 4.83. The standard InChI is InChI=1S/C12H18N2/c1-4-5-12(14-13)11-7-6-9(2)8-10(11)3/h4,6-8,12,14H,1,5,13H2,2-3H3. The third kappa shape index (κ3) is 2.44. The number of benzene rings is 1. The Bertz CT molecular complexity index is 318. The van der Waals surface area contributed by atoms with Crippen LogP contribution in [0.4, 0.5) is 0 Å². The molecule has 0 amide bonds. The van der Waals surface area contributed by atoms with Gasteiger partial charge in [0.25, 0.3) is 0 Å². The van der Waals surface area contributed by atoms with E-state index in [1.54, 1.807) is 0 Å². The SMILES string of the molecule is C=CCC(NN)c1ccc(C)cc1C. The molecule has 76 valence electrons. The lowest BCUT2D eigenvalue weighted by Gasteiger charge is -2.17. The number of nitrogens with one attached hydrogen (secondary N) is 1. The Kier molecular flexibility index (Phi) is 3.86. The number of hydrazine groups is 1. The normalized spacial score (nSPS) is 12.5. The highest BCUT2D eigenvalue weighted by Gasteiger charge is 2.09. The van der Waals surface area contributed by atoms with Gasteiger partial charge in [-0.05, 0) is 31.4 Å². The summed E-state index contributed by atoms with van der Waals surface area (Å²) in [6, 6.07) is 6.57. The zero-order valence-electron chi connectivity index (χ0n) is 8.88. The lowest BCUT2D eigenvalue weighted by atomic mass is 9.97. The van der Waals surface area contributed by atoms with Gasteiger partial charge >= 0.3 is 0 Å². The van der Waals surface area contributed by atoms with Gasteiger partial charge in [0.1, 0.15) is 0 Å². The first kappa shape index (κ1) is 11.0. The second kappa shape index (κ2) is 4.94. The predicted molar refractivity (Wildman–Crippen MR) is 60.8 cm³/mol. The van der Waals surface area contributed by atoms with Gasteiger partial charge in [-0.3, -0.25) is 11.3 Å². The van der Waals surface area contributed by atoms with Gasteiger partial charge in [-0.25, -0.2) is 0 Å². The first-order valence-electron chi connectivity index (χ1n) is 4.83. The van der Waals surface area contributed by atoms with E-state index in [9.17, 15) is 0 Å². The first-order chi connectivity index (χ1) is 6.69. The Morgan fingerprint density at radius 3 is 2.71 bits per heavy atom. The minimum absolute atomic E-state index is 0.174. The Balaban J connectivity index is 2.97. The van der Waals surface area contributed by atoms with Crippen molar-refractivity contribution in [1.29, 1.82) is 0 Å². The van der Waals surface area contributed by atoms with Crippen LogP contribution in [0.5, 0.6) is 0 Å². The van der Waals surface area contributed by atoms with E-state index in [4.69, 9.17) is 5.84 Å². The molecule has 2 nitrogen and oxygen atoms in total. The van der Waals surface area contributed by atoms with Crippen LogP contribution < -0.4 is 11.3 Å². The van der Waals surface area contributed by atoms with Gasteiger partial charge in [0, 0.05) is 6.04 Å². The summed E-state index contributed by atoms with van der Waals surface area (Å²) in [6.07, 6.45) is 2.73. The van der Waals surface area contributed by atoms with E-state index in [1.165, 1.54) is 16.7 Å². The summed E-state index contributed by atoms with van der Waals surface area (Å²) in [5.41, 5.74) is 6.61. The molecule has 0 aromatic heterocycles. The zero-order chi connectivity index (χ0) is 10.6. The van der Waals surface area contributed by atoms with Crippen molar-refractivity contribution in [3.63, 3.8) is 0 Å². The average molecular weight is 190 g/mol. The lowest BCUT2D eigenvalue weighted by molar-refractivity contribution is 0.559. The Labute approximate surface area is 85.8 Å². The van der Waals surface area contributed by atoms with E-state index in [0.29, 0.717) is 0 Å². The van der Waals surface area contributed by atoms with Crippen LogP contribution in [-0.2, 0) is 0 Å². The molecule has 0 spiro atoms. The Morgan fingerprint density at radius 1 is 1.50 bits per heavy atom. The molecule has 0 aliphatic rings. The van der Waals surface area contributed by atoms with Crippen LogP contribution >= 0.6 is 0 Å². The van der Waals surface area contributed by atoms with Crippen molar-refractivity contribution >= 4 is 0 Å². The zero-order valence-corrected chi connectivity index (χ0v) is 8.88. The molecular weight excluding hydrogens is 172 g/mol. The molecule has 2 heteroatoms. The summed E-state index contributed by atoms with van der Waals surface area (Å²) in [7, 11) is 0. The quantitative estimate of drug-likeness (QED) is 0.434. The van der Waals surface area contributed by atoms with Crippen LogP contribution in [0.15, 0.2) is 30.9 Å². The molecular formula is C12H18N2. The van der Waals surface area contributed by atoms with Crippen molar-refractivity contribution in [1.82, 2.24) is 5.43 Å². The fourth-order valence-corrected chi connectivity index (χ4v) is 1.67. The summed E-state index contributed by atoms with van der Waals surface area (Å²) >= 11 is 0. The van der Waals surface area contributed by atoms with Gasteiger partial charge in [-0.2, -0.15) is 0 Å². The Morgan fingerprint density at radius 2 is 2.21 bits per heavy atom. The van der Waals surface area contributed by atoms with Crippen LogP contribution in [-0.4, -0.2) is 0 Å². The summed E-state index contributed by atoms with van der Waals surface area (Å²) in [5, 5.41) is 0. The van der Waals surface area contributed by atoms with Gasteiger partial charge in [-0.1, -0.05) is 29.8 Å². The second-order valence-electron chi connectivity index (χ2n) is 3.60. The topological polar surface area (TPSA) is 38.0 Å². The van der Waals surface area contributed by atoms with E-state index >= 15 is 0 Å². The fourth-order valence-electron chi connectivity index (χ4n) is 1.67. The maximum absolute atomic E-state index is 5.50. The van der Waals surface area contributed by atoms with Gasteiger partial charge < -0.3 is 0 Å². The van der Waals surface area contributed by atoms with Crippen molar-refractivity contribution in [3.8, 4) is 0 Å². The van der Waals surface area contributed by atoms with Gasteiger partial charge in [-0.15, -0.1) is 6.58 Å². The van der Waals surface area contributed by atoms with Crippen molar-refractivity contribution in [3.05, 3.63) is 47.5 Å². The molecule has 0 aliphatic carbocycles. The van der Waals surface area contributed by atoms with E-state index in [1.807, 2.05) is 6.08 Å². The third-order valence-electron chi connectivity index (χ3n) is 2.40. The van der Waals surface area contributed by atoms with E-state index < -0.39 is 0 Å². The summed E-state index contributed by atoms with van der Waals surface area (Å²) in [6.45, 7) is 7.92. The molecule has 0 heterocycles. The highest BCUT2D eigenvalue weighted by atomic mass is 15.2. The van der Waals surface area contributed by atoms with E-state index in [2.05, 4.69) is 44.1 Å². The lowest BCUT2D eigenvalue weighted by Crippen LogP contribution is -2.28. The molecule has 0 aliphatic heterocycles. The predicted octanol–water partition coefficient (Wildman–Crippen LogP) is 2.38. The highest BCUT2D eigenvalue weighted by molar-refractivity contribution is 5.33.